The van der Waals surface area contributed by atoms with Crippen molar-refractivity contribution in [3.63, 3.8) is 0 Å². The van der Waals surface area contributed by atoms with Gasteiger partial charge in [-0.3, -0.25) is 5.43 Å². The van der Waals surface area contributed by atoms with Gasteiger partial charge in [-0.2, -0.15) is 0 Å². The Morgan fingerprint density at radius 3 is 2.72 bits per heavy atom. The number of rotatable bonds is 3. The second kappa shape index (κ2) is 5.68. The quantitative estimate of drug-likeness (QED) is 0.724. The van der Waals surface area contributed by atoms with E-state index in [2.05, 4.69) is 10.9 Å². The van der Waals surface area contributed by atoms with Gasteiger partial charge in [0.2, 0.25) is 0 Å². The van der Waals surface area contributed by atoms with Gasteiger partial charge in [-0.1, -0.05) is 12.1 Å². The van der Waals surface area contributed by atoms with Crippen LogP contribution in [0.1, 0.15) is 26.3 Å². The molecule has 0 saturated heterocycles. The van der Waals surface area contributed by atoms with E-state index in [4.69, 9.17) is 4.74 Å². The van der Waals surface area contributed by atoms with Crippen LogP contribution in [0.2, 0.25) is 0 Å². The van der Waals surface area contributed by atoms with E-state index in [-0.39, 0.29) is 6.54 Å². The molecule has 5 nitrogen and oxygen atoms in total. The number of amides is 1. The third kappa shape index (κ3) is 4.58. The smallest absolute Gasteiger partial charge is 0.422 e. The second-order valence-electron chi connectivity index (χ2n) is 4.73. The number of hydrogen-bond acceptors (Lipinski definition) is 4. The number of aromatic hydroxyl groups is 1. The number of carbonyl (C=O) groups excluding carboxylic acids is 1. The average molecular weight is 256 g/mol. The molecule has 0 aliphatic carbocycles. The van der Waals surface area contributed by atoms with Crippen molar-refractivity contribution in [3.05, 3.63) is 29.6 Å². The monoisotopic (exact) mass is 256 g/mol. The Hall–Kier alpha value is -1.82. The summed E-state index contributed by atoms with van der Waals surface area (Å²) in [4.78, 5) is 11.3. The molecule has 6 heteroatoms. The molecule has 100 valence electrons. The molecule has 0 heterocycles. The predicted octanol–water partition coefficient (Wildman–Crippen LogP) is 2.06. The first kappa shape index (κ1) is 14.2. The summed E-state index contributed by atoms with van der Waals surface area (Å²) < 4.78 is 18.0. The first-order valence-electron chi connectivity index (χ1n) is 5.48. The van der Waals surface area contributed by atoms with Gasteiger partial charge in [0.05, 0.1) is 0 Å². The van der Waals surface area contributed by atoms with Gasteiger partial charge in [0.25, 0.3) is 0 Å². The molecule has 0 saturated carbocycles. The Labute approximate surface area is 105 Å². The number of phenolic OH excluding ortho intramolecular Hbond substituents is 1. The Morgan fingerprint density at radius 2 is 2.11 bits per heavy atom. The fourth-order valence-electron chi connectivity index (χ4n) is 1.22. The fraction of sp³-hybridized carbons (Fsp3) is 0.417. The lowest BCUT2D eigenvalue weighted by molar-refractivity contribution is 0.0496. The van der Waals surface area contributed by atoms with Crippen LogP contribution in [0.25, 0.3) is 0 Å². The Bertz CT molecular complexity index is 430. The zero-order valence-corrected chi connectivity index (χ0v) is 10.6. The van der Waals surface area contributed by atoms with Crippen LogP contribution in [0.4, 0.5) is 9.18 Å². The van der Waals surface area contributed by atoms with Crippen molar-refractivity contribution in [1.82, 2.24) is 10.9 Å². The average Bonchev–Trinajstić information content (AvgIpc) is 2.21. The molecule has 1 amide bonds. The van der Waals surface area contributed by atoms with Crippen molar-refractivity contribution in [2.75, 3.05) is 0 Å². The molecule has 1 aromatic carbocycles. The first-order valence-corrected chi connectivity index (χ1v) is 5.48. The van der Waals surface area contributed by atoms with E-state index in [1.165, 1.54) is 6.07 Å². The summed E-state index contributed by atoms with van der Waals surface area (Å²) in [5.41, 5.74) is 4.58. The van der Waals surface area contributed by atoms with Crippen LogP contribution in [0.3, 0.4) is 0 Å². The maximum Gasteiger partial charge on any atom is 0.422 e. The molecule has 1 aromatic rings. The van der Waals surface area contributed by atoms with Gasteiger partial charge in [0.1, 0.15) is 5.60 Å². The largest absolute Gasteiger partial charge is 0.505 e. The number of halogens is 1. The zero-order valence-electron chi connectivity index (χ0n) is 10.6. The standard InChI is InChI=1S/C12H17FN2O3/c1-12(2,3)18-11(17)15-14-7-8-5-4-6-9(13)10(8)16/h4-6,14,16H,7H2,1-3H3,(H,15,17). The third-order valence-corrected chi connectivity index (χ3v) is 1.94. The van der Waals surface area contributed by atoms with Crippen LogP contribution in [-0.4, -0.2) is 16.8 Å². The van der Waals surface area contributed by atoms with Gasteiger partial charge in [-0.25, -0.2) is 14.6 Å². The van der Waals surface area contributed by atoms with E-state index >= 15 is 0 Å². The molecular weight excluding hydrogens is 239 g/mol. The van der Waals surface area contributed by atoms with Gasteiger partial charge < -0.3 is 9.84 Å². The molecule has 0 aliphatic heterocycles. The number of para-hydroxylation sites is 1. The SMILES string of the molecule is CC(C)(C)OC(=O)NNCc1cccc(F)c1O. The maximum atomic E-state index is 13.0. The lowest BCUT2D eigenvalue weighted by Gasteiger charge is -2.19. The fourth-order valence-corrected chi connectivity index (χ4v) is 1.22. The van der Waals surface area contributed by atoms with Crippen molar-refractivity contribution in [2.45, 2.75) is 32.9 Å². The lowest BCUT2D eigenvalue weighted by atomic mass is 10.2. The van der Waals surface area contributed by atoms with Crippen molar-refractivity contribution >= 4 is 6.09 Å². The molecule has 0 atom stereocenters. The summed E-state index contributed by atoms with van der Waals surface area (Å²) >= 11 is 0. The number of carbonyl (C=O) groups is 1. The molecule has 3 N–H and O–H groups in total. The lowest BCUT2D eigenvalue weighted by Crippen LogP contribution is -2.40. The Kier molecular flexibility index (Phi) is 4.49. The Morgan fingerprint density at radius 1 is 1.44 bits per heavy atom. The highest BCUT2D eigenvalue weighted by molar-refractivity contribution is 5.67. The molecule has 0 spiro atoms. The van der Waals surface area contributed by atoms with Crippen molar-refractivity contribution in [3.8, 4) is 5.75 Å². The van der Waals surface area contributed by atoms with E-state index in [1.54, 1.807) is 26.8 Å². The first-order chi connectivity index (χ1) is 8.29. The van der Waals surface area contributed by atoms with Gasteiger partial charge >= 0.3 is 6.09 Å². The van der Waals surface area contributed by atoms with Crippen molar-refractivity contribution in [1.29, 1.82) is 0 Å². The van der Waals surface area contributed by atoms with E-state index in [1.807, 2.05) is 0 Å². The number of ether oxygens (including phenoxy) is 1. The maximum absolute atomic E-state index is 13.0. The summed E-state index contributed by atoms with van der Waals surface area (Å²) in [6, 6.07) is 4.17. The van der Waals surface area contributed by atoms with Crippen LogP contribution in [0, 0.1) is 5.82 Å². The highest BCUT2D eigenvalue weighted by Gasteiger charge is 2.15. The minimum absolute atomic E-state index is 0.0861. The number of nitrogens with one attached hydrogen (secondary N) is 2. The van der Waals surface area contributed by atoms with Crippen molar-refractivity contribution in [2.24, 2.45) is 0 Å². The minimum atomic E-state index is -0.702. The molecule has 0 unspecified atom stereocenters. The van der Waals surface area contributed by atoms with Crippen LogP contribution in [0.5, 0.6) is 5.75 Å². The summed E-state index contributed by atoms with van der Waals surface area (Å²) in [6.07, 6.45) is -0.640. The van der Waals surface area contributed by atoms with Crippen LogP contribution in [0.15, 0.2) is 18.2 Å². The molecular formula is C12H17FN2O3. The number of benzene rings is 1. The number of phenols is 1. The van der Waals surface area contributed by atoms with Gasteiger partial charge in [-0.15, -0.1) is 0 Å². The normalized spacial score (nSPS) is 11.1. The Balaban J connectivity index is 2.43. The van der Waals surface area contributed by atoms with Gasteiger partial charge in [0, 0.05) is 12.1 Å². The summed E-state index contributed by atoms with van der Waals surface area (Å²) in [7, 11) is 0. The molecule has 1 rings (SSSR count). The summed E-state index contributed by atoms with van der Waals surface area (Å²) in [5, 5.41) is 9.39. The van der Waals surface area contributed by atoms with Gasteiger partial charge in [-0.05, 0) is 26.8 Å². The van der Waals surface area contributed by atoms with E-state index in [0.29, 0.717) is 5.56 Å². The molecule has 0 aromatic heterocycles. The van der Waals surface area contributed by atoms with Crippen molar-refractivity contribution < 1.29 is 19.0 Å². The van der Waals surface area contributed by atoms with Crippen LogP contribution in [-0.2, 0) is 11.3 Å². The number of hydrogen-bond donors (Lipinski definition) is 3. The molecule has 18 heavy (non-hydrogen) atoms. The topological polar surface area (TPSA) is 70.6 Å². The van der Waals surface area contributed by atoms with E-state index < -0.39 is 23.3 Å². The summed E-state index contributed by atoms with van der Waals surface area (Å²) in [5.74, 6) is -1.14. The zero-order chi connectivity index (χ0) is 13.8. The van der Waals surface area contributed by atoms with Crippen LogP contribution < -0.4 is 10.9 Å². The highest BCUT2D eigenvalue weighted by atomic mass is 19.1. The van der Waals surface area contributed by atoms with E-state index in [9.17, 15) is 14.3 Å². The van der Waals surface area contributed by atoms with Crippen LogP contribution >= 0.6 is 0 Å². The molecule has 0 fully saturated rings. The molecule has 0 aliphatic rings. The number of hydrazine groups is 1. The highest BCUT2D eigenvalue weighted by Crippen LogP contribution is 2.19. The molecule has 0 bridgehead atoms. The third-order valence-electron chi connectivity index (χ3n) is 1.94. The predicted molar refractivity (Wildman–Crippen MR) is 64.3 cm³/mol. The van der Waals surface area contributed by atoms with Gasteiger partial charge in [0.15, 0.2) is 11.6 Å². The summed E-state index contributed by atoms with van der Waals surface area (Å²) in [6.45, 7) is 5.31. The minimum Gasteiger partial charge on any atom is -0.505 e. The van der Waals surface area contributed by atoms with E-state index in [0.717, 1.165) is 6.07 Å². The second-order valence-corrected chi connectivity index (χ2v) is 4.73. The molecule has 0 radical (unpaired) electrons.